The lowest BCUT2D eigenvalue weighted by atomic mass is 10.1. The van der Waals surface area contributed by atoms with Gasteiger partial charge in [-0.3, -0.25) is 4.79 Å². The topological polar surface area (TPSA) is 41.1 Å². The van der Waals surface area contributed by atoms with E-state index in [2.05, 4.69) is 38.7 Å². The van der Waals surface area contributed by atoms with Gasteiger partial charge in [0.1, 0.15) is 6.04 Å². The Balaban J connectivity index is 1.81. The summed E-state index contributed by atoms with van der Waals surface area (Å²) in [5, 5.41) is 6.37. The average molecular weight is 345 g/mol. The van der Waals surface area contributed by atoms with Gasteiger partial charge >= 0.3 is 0 Å². The lowest BCUT2D eigenvalue weighted by molar-refractivity contribution is -0.116. The highest BCUT2D eigenvalue weighted by Crippen LogP contribution is 2.27. The third-order valence-electron chi connectivity index (χ3n) is 3.75. The van der Waals surface area contributed by atoms with Crippen LogP contribution in [0.3, 0.4) is 0 Å². The predicted octanol–water partition coefficient (Wildman–Crippen LogP) is 4.12. The zero-order chi connectivity index (χ0) is 14.8. The molecule has 1 aliphatic heterocycles. The van der Waals surface area contributed by atoms with E-state index in [9.17, 15) is 4.79 Å². The third-order valence-corrected chi connectivity index (χ3v) is 4.44. The van der Waals surface area contributed by atoms with Gasteiger partial charge in [-0.2, -0.15) is 0 Å². The van der Waals surface area contributed by atoms with Crippen molar-refractivity contribution < 1.29 is 4.79 Å². The molecule has 3 nitrogen and oxygen atoms in total. The Kier molecular flexibility index (Phi) is 3.97. The first-order valence-electron chi connectivity index (χ1n) is 7.05. The van der Waals surface area contributed by atoms with Crippen LogP contribution in [0.15, 0.2) is 46.9 Å². The second-order valence-corrected chi connectivity index (χ2v) is 6.22. The second kappa shape index (κ2) is 5.90. The first-order chi connectivity index (χ1) is 10.1. The summed E-state index contributed by atoms with van der Waals surface area (Å²) in [7, 11) is 0. The Bertz CT molecular complexity index is 684. The molecule has 1 heterocycles. The Labute approximate surface area is 132 Å². The fourth-order valence-corrected chi connectivity index (χ4v) is 2.95. The molecular formula is C17H17BrN2O. The second-order valence-electron chi connectivity index (χ2n) is 5.37. The van der Waals surface area contributed by atoms with Crippen LogP contribution in [0, 0.1) is 6.92 Å². The highest BCUT2D eigenvalue weighted by atomic mass is 79.9. The molecule has 2 N–H and O–H groups in total. The van der Waals surface area contributed by atoms with E-state index in [0.29, 0.717) is 0 Å². The quantitative estimate of drug-likeness (QED) is 0.860. The summed E-state index contributed by atoms with van der Waals surface area (Å²) in [6.45, 7) is 2.04. The van der Waals surface area contributed by atoms with Crippen LogP contribution in [0.25, 0.3) is 0 Å². The molecule has 3 rings (SSSR count). The molecule has 1 aliphatic rings. The monoisotopic (exact) mass is 344 g/mol. The number of anilines is 2. The summed E-state index contributed by atoms with van der Waals surface area (Å²) in [5.74, 6) is 0.0216. The standard InChI is InChI=1S/C17H17BrN2O/c1-11-6-8-13(18)16(10-11)19-15-9-7-12-4-2-3-5-14(12)20-17(15)21/h2-6,8,10,15,19H,7,9H2,1H3,(H,20,21). The van der Waals surface area contributed by atoms with Crippen LogP contribution < -0.4 is 10.6 Å². The van der Waals surface area contributed by atoms with Crippen LogP contribution in [-0.4, -0.2) is 11.9 Å². The molecule has 2 aromatic rings. The number of benzene rings is 2. The summed E-state index contributed by atoms with van der Waals surface area (Å²) in [6.07, 6.45) is 1.67. The van der Waals surface area contributed by atoms with Crippen LogP contribution in [0.1, 0.15) is 17.5 Å². The minimum absolute atomic E-state index is 0.0216. The van der Waals surface area contributed by atoms with Crippen LogP contribution in [0.2, 0.25) is 0 Å². The SMILES string of the molecule is Cc1ccc(Br)c(NC2CCc3ccccc3NC2=O)c1. The molecule has 0 radical (unpaired) electrons. The van der Waals surface area contributed by atoms with E-state index < -0.39 is 0 Å². The van der Waals surface area contributed by atoms with Crippen LogP contribution in [0.4, 0.5) is 11.4 Å². The number of nitrogens with one attached hydrogen (secondary N) is 2. The van der Waals surface area contributed by atoms with Gasteiger partial charge in [-0.25, -0.2) is 0 Å². The van der Waals surface area contributed by atoms with E-state index in [1.807, 2.05) is 37.3 Å². The van der Waals surface area contributed by atoms with Crippen LogP contribution in [-0.2, 0) is 11.2 Å². The molecule has 0 aliphatic carbocycles. The van der Waals surface area contributed by atoms with Crippen molar-refractivity contribution >= 4 is 33.2 Å². The van der Waals surface area contributed by atoms with Gasteiger partial charge in [-0.15, -0.1) is 0 Å². The maximum atomic E-state index is 12.4. The average Bonchev–Trinajstić information content (AvgIpc) is 2.62. The predicted molar refractivity (Wildman–Crippen MR) is 89.7 cm³/mol. The number of carbonyl (C=O) groups is 1. The Morgan fingerprint density at radius 3 is 2.90 bits per heavy atom. The summed E-state index contributed by atoms with van der Waals surface area (Å²) in [6, 6.07) is 13.9. The van der Waals surface area contributed by atoms with Gasteiger partial charge in [0.25, 0.3) is 0 Å². The van der Waals surface area contributed by atoms with Gasteiger partial charge in [0, 0.05) is 15.8 Å². The number of aryl methyl sites for hydroxylation is 2. The molecule has 21 heavy (non-hydrogen) atoms. The van der Waals surface area contributed by atoms with Crippen LogP contribution >= 0.6 is 15.9 Å². The fourth-order valence-electron chi connectivity index (χ4n) is 2.59. The molecule has 2 aromatic carbocycles. The van der Waals surface area contributed by atoms with E-state index >= 15 is 0 Å². The van der Waals surface area contributed by atoms with Gasteiger partial charge in [0.05, 0.1) is 0 Å². The van der Waals surface area contributed by atoms with Crippen molar-refractivity contribution in [1.82, 2.24) is 0 Å². The number of carbonyl (C=O) groups excluding carboxylic acids is 1. The minimum atomic E-state index is -0.226. The minimum Gasteiger partial charge on any atom is -0.373 e. The molecule has 1 amide bonds. The van der Waals surface area contributed by atoms with Gasteiger partial charge in [-0.1, -0.05) is 24.3 Å². The van der Waals surface area contributed by atoms with Gasteiger partial charge < -0.3 is 10.6 Å². The van der Waals surface area contributed by atoms with E-state index in [1.165, 1.54) is 5.56 Å². The molecule has 108 valence electrons. The Morgan fingerprint density at radius 2 is 2.05 bits per heavy atom. The molecule has 0 bridgehead atoms. The highest BCUT2D eigenvalue weighted by molar-refractivity contribution is 9.10. The summed E-state index contributed by atoms with van der Waals surface area (Å²) < 4.78 is 0.975. The lowest BCUT2D eigenvalue weighted by Crippen LogP contribution is -2.33. The van der Waals surface area contributed by atoms with Crippen molar-refractivity contribution in [3.05, 3.63) is 58.1 Å². The number of fused-ring (bicyclic) bond motifs is 1. The third kappa shape index (κ3) is 3.10. The van der Waals surface area contributed by atoms with Crippen molar-refractivity contribution in [1.29, 1.82) is 0 Å². The highest BCUT2D eigenvalue weighted by Gasteiger charge is 2.23. The van der Waals surface area contributed by atoms with Crippen molar-refractivity contribution in [2.24, 2.45) is 0 Å². The fraction of sp³-hybridized carbons (Fsp3) is 0.235. The molecule has 0 saturated carbocycles. The first kappa shape index (κ1) is 14.1. The van der Waals surface area contributed by atoms with Gasteiger partial charge in [-0.05, 0) is 65.0 Å². The number of hydrogen-bond acceptors (Lipinski definition) is 2. The van der Waals surface area contributed by atoms with Crippen LogP contribution in [0.5, 0.6) is 0 Å². The van der Waals surface area contributed by atoms with E-state index in [-0.39, 0.29) is 11.9 Å². The molecule has 4 heteroatoms. The molecule has 1 unspecified atom stereocenters. The van der Waals surface area contributed by atoms with Gasteiger partial charge in [0.15, 0.2) is 0 Å². The largest absolute Gasteiger partial charge is 0.373 e. The van der Waals surface area contributed by atoms with E-state index in [4.69, 9.17) is 0 Å². The molecule has 0 spiro atoms. The number of amides is 1. The summed E-state index contributed by atoms with van der Waals surface area (Å²) >= 11 is 3.53. The maximum absolute atomic E-state index is 12.4. The zero-order valence-corrected chi connectivity index (χ0v) is 13.4. The number of halogens is 1. The lowest BCUT2D eigenvalue weighted by Gasteiger charge is -2.18. The zero-order valence-electron chi connectivity index (χ0n) is 11.8. The van der Waals surface area contributed by atoms with Gasteiger partial charge in [0.2, 0.25) is 5.91 Å². The van der Waals surface area contributed by atoms with Crippen molar-refractivity contribution in [2.75, 3.05) is 10.6 Å². The normalized spacial score (nSPS) is 17.6. The first-order valence-corrected chi connectivity index (χ1v) is 7.84. The Morgan fingerprint density at radius 1 is 1.24 bits per heavy atom. The molecule has 1 atom stereocenters. The smallest absolute Gasteiger partial charge is 0.246 e. The maximum Gasteiger partial charge on any atom is 0.246 e. The number of para-hydroxylation sites is 1. The van der Waals surface area contributed by atoms with E-state index in [1.54, 1.807) is 0 Å². The van der Waals surface area contributed by atoms with Crippen molar-refractivity contribution in [3.8, 4) is 0 Å². The molecule has 0 fully saturated rings. The Hall–Kier alpha value is -1.81. The summed E-state index contributed by atoms with van der Waals surface area (Å²) in [4.78, 5) is 12.4. The van der Waals surface area contributed by atoms with Crippen molar-refractivity contribution in [3.63, 3.8) is 0 Å². The van der Waals surface area contributed by atoms with Crippen molar-refractivity contribution in [2.45, 2.75) is 25.8 Å². The molecule has 0 saturated heterocycles. The number of hydrogen-bond donors (Lipinski definition) is 2. The van der Waals surface area contributed by atoms with E-state index in [0.717, 1.165) is 34.3 Å². The molecule has 0 aromatic heterocycles. The number of rotatable bonds is 2. The summed E-state index contributed by atoms with van der Waals surface area (Å²) in [5.41, 5.74) is 4.24. The molecular weight excluding hydrogens is 328 g/mol.